The molecule has 2 aromatic rings. The summed E-state index contributed by atoms with van der Waals surface area (Å²) in [4.78, 5) is 0. The van der Waals surface area contributed by atoms with Crippen molar-refractivity contribution in [3.63, 3.8) is 0 Å². The molecule has 1 unspecified atom stereocenters. The van der Waals surface area contributed by atoms with E-state index in [-0.39, 0.29) is 11.7 Å². The molecule has 1 aliphatic heterocycles. The summed E-state index contributed by atoms with van der Waals surface area (Å²) in [5.74, 6) is 0. The number of para-hydroxylation sites is 1. The zero-order valence-electron chi connectivity index (χ0n) is 10.8. The van der Waals surface area contributed by atoms with Gasteiger partial charge in [0.15, 0.2) is 0 Å². The first-order valence-electron chi connectivity index (χ1n) is 7.04. The Hall–Kier alpha value is -1.68. The van der Waals surface area contributed by atoms with Crippen LogP contribution in [0.1, 0.15) is 32.1 Å². The number of benzene rings is 1. The Bertz CT molecular complexity index is 625. The van der Waals surface area contributed by atoms with E-state index in [9.17, 15) is 0 Å². The van der Waals surface area contributed by atoms with Crippen molar-refractivity contribution in [2.24, 2.45) is 0 Å². The average molecular weight is 255 g/mol. The molecule has 0 N–H and O–H groups in total. The highest BCUT2D eigenvalue weighted by Gasteiger charge is 2.54. The molecule has 1 aromatic heterocycles. The third-order valence-electron chi connectivity index (χ3n) is 4.30. The third-order valence-corrected chi connectivity index (χ3v) is 4.30. The minimum Gasteiger partial charge on any atom is -0.362 e. The van der Waals surface area contributed by atoms with Gasteiger partial charge in [0.05, 0.1) is 11.1 Å². The Kier molecular flexibility index (Phi) is 2.45. The number of epoxide rings is 1. The molecule has 98 valence electrons. The lowest BCUT2D eigenvalue weighted by molar-refractivity contribution is 0.235. The maximum atomic E-state index is 5.91. The van der Waals surface area contributed by atoms with Gasteiger partial charge in [0.25, 0.3) is 0 Å². The van der Waals surface area contributed by atoms with Crippen LogP contribution in [0.3, 0.4) is 0 Å². The first-order valence-corrected chi connectivity index (χ1v) is 7.04. The number of aromatic nitrogens is 3. The molecule has 1 atom stereocenters. The Morgan fingerprint density at radius 3 is 2.95 bits per heavy atom. The van der Waals surface area contributed by atoms with E-state index in [1.807, 2.05) is 35.1 Å². The van der Waals surface area contributed by atoms with E-state index in [0.29, 0.717) is 0 Å². The van der Waals surface area contributed by atoms with Crippen LogP contribution < -0.4 is 0 Å². The predicted molar refractivity (Wildman–Crippen MR) is 73.5 cm³/mol. The van der Waals surface area contributed by atoms with Crippen molar-refractivity contribution in [1.82, 2.24) is 15.0 Å². The van der Waals surface area contributed by atoms with Crippen LogP contribution in [0.4, 0.5) is 0 Å². The van der Waals surface area contributed by atoms with Gasteiger partial charge in [-0.05, 0) is 31.1 Å². The van der Waals surface area contributed by atoms with Gasteiger partial charge in [0.1, 0.15) is 11.6 Å². The van der Waals surface area contributed by atoms with E-state index in [1.54, 1.807) is 0 Å². The fourth-order valence-corrected chi connectivity index (χ4v) is 3.14. The van der Waals surface area contributed by atoms with Crippen molar-refractivity contribution in [3.8, 4) is 0 Å². The van der Waals surface area contributed by atoms with Crippen LogP contribution >= 0.6 is 0 Å². The SMILES string of the molecule is C(=Cn1nnc2ccccc21)C1OC12CCCCC2. The van der Waals surface area contributed by atoms with E-state index in [2.05, 4.69) is 16.4 Å². The highest BCUT2D eigenvalue weighted by molar-refractivity contribution is 5.75. The predicted octanol–water partition coefficient (Wildman–Crippen LogP) is 3.00. The minimum atomic E-state index is 0.158. The van der Waals surface area contributed by atoms with Gasteiger partial charge in [-0.2, -0.15) is 0 Å². The van der Waals surface area contributed by atoms with E-state index in [4.69, 9.17) is 4.74 Å². The van der Waals surface area contributed by atoms with Crippen molar-refractivity contribution in [2.45, 2.75) is 43.8 Å². The molecule has 1 aromatic carbocycles. The van der Waals surface area contributed by atoms with Crippen molar-refractivity contribution in [3.05, 3.63) is 30.3 Å². The number of rotatable bonds is 2. The number of hydrogen-bond donors (Lipinski definition) is 0. The second-order valence-corrected chi connectivity index (χ2v) is 5.53. The molecule has 4 nitrogen and oxygen atoms in total. The molecule has 1 saturated heterocycles. The van der Waals surface area contributed by atoms with Crippen LogP contribution in [0.25, 0.3) is 17.2 Å². The Morgan fingerprint density at radius 1 is 1.21 bits per heavy atom. The van der Waals surface area contributed by atoms with Crippen LogP contribution in [-0.4, -0.2) is 26.7 Å². The van der Waals surface area contributed by atoms with Crippen LogP contribution in [-0.2, 0) is 4.74 Å². The summed E-state index contributed by atoms with van der Waals surface area (Å²) in [6.07, 6.45) is 10.8. The lowest BCUT2D eigenvalue weighted by Crippen LogP contribution is -2.18. The number of hydrogen-bond acceptors (Lipinski definition) is 3. The van der Waals surface area contributed by atoms with Crippen molar-refractivity contribution < 1.29 is 4.74 Å². The summed E-state index contributed by atoms with van der Waals surface area (Å²) in [6.45, 7) is 0. The molecule has 4 heteroatoms. The van der Waals surface area contributed by atoms with Crippen molar-refractivity contribution in [2.75, 3.05) is 0 Å². The summed E-state index contributed by atoms with van der Waals surface area (Å²) in [6, 6.07) is 7.99. The molecule has 19 heavy (non-hydrogen) atoms. The zero-order chi connectivity index (χ0) is 12.7. The van der Waals surface area contributed by atoms with Gasteiger partial charge in [0, 0.05) is 6.20 Å². The summed E-state index contributed by atoms with van der Waals surface area (Å²) in [5, 5.41) is 8.29. The van der Waals surface area contributed by atoms with E-state index < -0.39 is 0 Å². The highest BCUT2D eigenvalue weighted by Crippen LogP contribution is 2.48. The first-order chi connectivity index (χ1) is 9.37. The van der Waals surface area contributed by atoms with Crippen LogP contribution in [0.5, 0.6) is 0 Å². The van der Waals surface area contributed by atoms with Gasteiger partial charge in [-0.25, -0.2) is 4.68 Å². The highest BCUT2D eigenvalue weighted by atomic mass is 16.6. The van der Waals surface area contributed by atoms with E-state index >= 15 is 0 Å². The molecule has 4 rings (SSSR count). The van der Waals surface area contributed by atoms with E-state index in [1.165, 1.54) is 32.1 Å². The molecule has 2 heterocycles. The molecule has 1 spiro atoms. The molecule has 0 radical (unpaired) electrons. The molecule has 0 bridgehead atoms. The molecular formula is C15H17N3O. The number of nitrogens with zero attached hydrogens (tertiary/aromatic N) is 3. The summed E-state index contributed by atoms with van der Waals surface area (Å²) >= 11 is 0. The maximum absolute atomic E-state index is 5.91. The zero-order valence-corrected chi connectivity index (χ0v) is 10.8. The van der Waals surface area contributed by atoms with Crippen LogP contribution in [0.2, 0.25) is 0 Å². The second-order valence-electron chi connectivity index (χ2n) is 5.53. The van der Waals surface area contributed by atoms with Crippen molar-refractivity contribution in [1.29, 1.82) is 0 Å². The van der Waals surface area contributed by atoms with Gasteiger partial charge in [0.2, 0.25) is 0 Å². The third kappa shape index (κ3) is 1.87. The molecule has 2 aliphatic rings. The smallest absolute Gasteiger partial charge is 0.113 e. The minimum absolute atomic E-state index is 0.158. The van der Waals surface area contributed by atoms with Gasteiger partial charge in [-0.3, -0.25) is 0 Å². The summed E-state index contributed by atoms with van der Waals surface area (Å²) < 4.78 is 7.73. The molecule has 1 saturated carbocycles. The van der Waals surface area contributed by atoms with Gasteiger partial charge in [-0.15, -0.1) is 5.10 Å². The fourth-order valence-electron chi connectivity index (χ4n) is 3.14. The number of fused-ring (bicyclic) bond motifs is 1. The van der Waals surface area contributed by atoms with E-state index in [0.717, 1.165) is 11.0 Å². The molecule has 2 fully saturated rings. The second kappa shape index (κ2) is 4.17. The summed E-state index contributed by atoms with van der Waals surface area (Å²) in [7, 11) is 0. The lowest BCUT2D eigenvalue weighted by atomic mass is 9.86. The lowest BCUT2D eigenvalue weighted by Gasteiger charge is -2.17. The Balaban J connectivity index is 1.54. The van der Waals surface area contributed by atoms with Gasteiger partial charge in [-0.1, -0.05) is 36.6 Å². The average Bonchev–Trinajstić information content (AvgIpc) is 2.96. The molecule has 1 aliphatic carbocycles. The fraction of sp³-hybridized carbons (Fsp3) is 0.467. The molecular weight excluding hydrogens is 238 g/mol. The standard InChI is InChI=1S/C15H17N3O/c1-4-9-15(10-5-1)14(19-15)8-11-18-13-7-3-2-6-12(13)16-17-18/h2-3,6-8,11,14H,1,4-5,9-10H2. The van der Waals surface area contributed by atoms with Crippen molar-refractivity contribution >= 4 is 17.2 Å². The summed E-state index contributed by atoms with van der Waals surface area (Å²) in [5.41, 5.74) is 2.12. The van der Waals surface area contributed by atoms with Crippen LogP contribution in [0.15, 0.2) is 30.3 Å². The van der Waals surface area contributed by atoms with Gasteiger partial charge >= 0.3 is 0 Å². The largest absolute Gasteiger partial charge is 0.362 e. The monoisotopic (exact) mass is 255 g/mol. The topological polar surface area (TPSA) is 43.2 Å². The van der Waals surface area contributed by atoms with Crippen LogP contribution in [0, 0.1) is 0 Å². The Morgan fingerprint density at radius 2 is 2.05 bits per heavy atom. The molecule has 0 amide bonds. The quantitative estimate of drug-likeness (QED) is 0.775. The maximum Gasteiger partial charge on any atom is 0.113 e. The van der Waals surface area contributed by atoms with Gasteiger partial charge < -0.3 is 4.74 Å². The Labute approximate surface area is 112 Å². The number of ether oxygens (including phenoxy) is 1. The normalized spacial score (nSPS) is 25.4. The first kappa shape index (κ1) is 11.2.